The second-order valence-electron chi connectivity index (χ2n) is 4.75. The van der Waals surface area contributed by atoms with Crippen LogP contribution in [0.2, 0.25) is 0 Å². The van der Waals surface area contributed by atoms with Crippen molar-refractivity contribution in [3.8, 4) is 0 Å². The second-order valence-corrected chi connectivity index (χ2v) is 4.75. The maximum Gasteiger partial charge on any atom is 0.248 e. The fraction of sp³-hybridized carbons (Fsp3) is 0.188. The van der Waals surface area contributed by atoms with Gasteiger partial charge < -0.3 is 10.6 Å². The summed E-state index contributed by atoms with van der Waals surface area (Å²) in [6, 6.07) is 17.1. The van der Waals surface area contributed by atoms with Crippen LogP contribution in [-0.2, 0) is 11.2 Å². The summed E-state index contributed by atoms with van der Waals surface area (Å²) in [7, 11) is 0. The normalized spacial score (nSPS) is 18.9. The SMILES string of the molecule is NC1C(=O)N(c2ccccc2)CCc2ccccc21. The number of hydrogen-bond donors (Lipinski definition) is 1. The average molecular weight is 252 g/mol. The van der Waals surface area contributed by atoms with E-state index >= 15 is 0 Å². The molecule has 2 N–H and O–H groups in total. The first-order valence-corrected chi connectivity index (χ1v) is 6.47. The quantitative estimate of drug-likeness (QED) is 0.846. The minimum absolute atomic E-state index is 0.0313. The molecule has 1 unspecified atom stereocenters. The Morgan fingerprint density at radius 2 is 1.68 bits per heavy atom. The molecule has 1 amide bonds. The van der Waals surface area contributed by atoms with Crippen LogP contribution in [0.1, 0.15) is 17.2 Å². The van der Waals surface area contributed by atoms with E-state index in [-0.39, 0.29) is 5.91 Å². The number of carbonyl (C=O) groups is 1. The Balaban J connectivity index is 1.99. The number of anilines is 1. The van der Waals surface area contributed by atoms with Crippen molar-refractivity contribution in [1.82, 2.24) is 0 Å². The molecule has 0 fully saturated rings. The Morgan fingerprint density at radius 1 is 1.00 bits per heavy atom. The maximum atomic E-state index is 12.5. The highest BCUT2D eigenvalue weighted by Crippen LogP contribution is 2.26. The third kappa shape index (κ3) is 2.13. The van der Waals surface area contributed by atoms with Gasteiger partial charge in [0, 0.05) is 12.2 Å². The van der Waals surface area contributed by atoms with E-state index in [1.54, 1.807) is 4.90 Å². The van der Waals surface area contributed by atoms with Crippen molar-refractivity contribution >= 4 is 11.6 Å². The van der Waals surface area contributed by atoms with Crippen LogP contribution in [0.4, 0.5) is 5.69 Å². The van der Waals surface area contributed by atoms with Gasteiger partial charge in [0.15, 0.2) is 0 Å². The molecule has 1 atom stereocenters. The Morgan fingerprint density at radius 3 is 2.47 bits per heavy atom. The van der Waals surface area contributed by atoms with E-state index in [9.17, 15) is 4.79 Å². The van der Waals surface area contributed by atoms with Gasteiger partial charge in [0.2, 0.25) is 5.91 Å². The Kier molecular flexibility index (Phi) is 3.05. The summed E-state index contributed by atoms with van der Waals surface area (Å²) < 4.78 is 0. The molecule has 2 aromatic rings. The van der Waals surface area contributed by atoms with Gasteiger partial charge in [-0.15, -0.1) is 0 Å². The average Bonchev–Trinajstić information content (AvgIpc) is 2.59. The lowest BCUT2D eigenvalue weighted by Gasteiger charge is -2.22. The number of hydrogen-bond acceptors (Lipinski definition) is 2. The van der Waals surface area contributed by atoms with Gasteiger partial charge >= 0.3 is 0 Å². The van der Waals surface area contributed by atoms with Gasteiger partial charge in [0.1, 0.15) is 6.04 Å². The fourth-order valence-corrected chi connectivity index (χ4v) is 2.57. The van der Waals surface area contributed by atoms with Crippen LogP contribution in [0.15, 0.2) is 54.6 Å². The topological polar surface area (TPSA) is 46.3 Å². The predicted octanol–water partition coefficient (Wildman–Crippen LogP) is 2.28. The Bertz CT molecular complexity index is 595. The molecule has 2 aromatic carbocycles. The first-order chi connectivity index (χ1) is 9.27. The monoisotopic (exact) mass is 252 g/mol. The molecule has 1 heterocycles. The molecule has 1 aliphatic rings. The van der Waals surface area contributed by atoms with E-state index in [4.69, 9.17) is 5.73 Å². The molecule has 0 saturated carbocycles. The van der Waals surface area contributed by atoms with Gasteiger partial charge in [-0.1, -0.05) is 42.5 Å². The molecule has 0 radical (unpaired) electrons. The van der Waals surface area contributed by atoms with Gasteiger partial charge in [-0.25, -0.2) is 0 Å². The fourth-order valence-electron chi connectivity index (χ4n) is 2.57. The molecule has 3 rings (SSSR count). The van der Waals surface area contributed by atoms with Crippen molar-refractivity contribution in [2.75, 3.05) is 11.4 Å². The Labute approximate surface area is 112 Å². The van der Waals surface area contributed by atoms with Gasteiger partial charge in [0.25, 0.3) is 0 Å². The number of benzene rings is 2. The number of nitrogens with zero attached hydrogens (tertiary/aromatic N) is 1. The van der Waals surface area contributed by atoms with Crippen molar-refractivity contribution in [1.29, 1.82) is 0 Å². The van der Waals surface area contributed by atoms with E-state index in [0.717, 1.165) is 17.7 Å². The third-order valence-corrected chi connectivity index (χ3v) is 3.59. The van der Waals surface area contributed by atoms with Crippen LogP contribution >= 0.6 is 0 Å². The Hall–Kier alpha value is -2.13. The molecule has 0 bridgehead atoms. The van der Waals surface area contributed by atoms with Crippen molar-refractivity contribution in [3.63, 3.8) is 0 Å². The van der Waals surface area contributed by atoms with Gasteiger partial charge in [0.05, 0.1) is 0 Å². The van der Waals surface area contributed by atoms with Crippen LogP contribution in [0.3, 0.4) is 0 Å². The molecular formula is C16H16N2O. The van der Waals surface area contributed by atoms with Crippen molar-refractivity contribution in [2.45, 2.75) is 12.5 Å². The molecule has 96 valence electrons. The number of amides is 1. The first-order valence-electron chi connectivity index (χ1n) is 6.47. The van der Waals surface area contributed by atoms with Crippen molar-refractivity contribution < 1.29 is 4.79 Å². The molecule has 0 saturated heterocycles. The second kappa shape index (κ2) is 4.86. The molecule has 0 aliphatic carbocycles. The zero-order valence-electron chi connectivity index (χ0n) is 10.6. The summed E-state index contributed by atoms with van der Waals surface area (Å²) in [5.74, 6) is -0.0313. The molecular weight excluding hydrogens is 236 g/mol. The summed E-state index contributed by atoms with van der Waals surface area (Å²) in [5.41, 5.74) is 9.16. The van der Waals surface area contributed by atoms with Crippen LogP contribution in [0.5, 0.6) is 0 Å². The van der Waals surface area contributed by atoms with Gasteiger partial charge in [-0.05, 0) is 29.7 Å². The molecule has 19 heavy (non-hydrogen) atoms. The minimum Gasteiger partial charge on any atom is -0.316 e. The lowest BCUT2D eigenvalue weighted by atomic mass is 10.00. The molecule has 3 heteroatoms. The highest BCUT2D eigenvalue weighted by atomic mass is 16.2. The van der Waals surface area contributed by atoms with E-state index in [1.165, 1.54) is 5.56 Å². The molecule has 1 aliphatic heterocycles. The van der Waals surface area contributed by atoms with E-state index in [2.05, 4.69) is 6.07 Å². The standard InChI is InChI=1S/C16H16N2O/c17-15-14-9-5-4-6-12(14)10-11-18(16(15)19)13-7-2-1-3-8-13/h1-9,15H,10-11,17H2. The lowest BCUT2D eigenvalue weighted by Crippen LogP contribution is -2.37. The van der Waals surface area contributed by atoms with Gasteiger partial charge in [-0.2, -0.15) is 0 Å². The van der Waals surface area contributed by atoms with Crippen molar-refractivity contribution in [3.05, 3.63) is 65.7 Å². The van der Waals surface area contributed by atoms with Crippen LogP contribution < -0.4 is 10.6 Å². The number of fused-ring (bicyclic) bond motifs is 1. The third-order valence-electron chi connectivity index (χ3n) is 3.59. The van der Waals surface area contributed by atoms with Gasteiger partial charge in [-0.3, -0.25) is 4.79 Å². The molecule has 0 aromatic heterocycles. The first kappa shape index (κ1) is 11.9. The summed E-state index contributed by atoms with van der Waals surface area (Å²) in [6.45, 7) is 0.674. The predicted molar refractivity (Wildman–Crippen MR) is 75.9 cm³/mol. The lowest BCUT2D eigenvalue weighted by molar-refractivity contribution is -0.119. The van der Waals surface area contributed by atoms with Crippen LogP contribution in [0, 0.1) is 0 Å². The summed E-state index contributed by atoms with van der Waals surface area (Å²) in [5, 5.41) is 0. The number of para-hydroxylation sites is 1. The number of nitrogens with two attached hydrogens (primary N) is 1. The minimum atomic E-state index is -0.570. The van der Waals surface area contributed by atoms with E-state index in [0.29, 0.717) is 6.54 Å². The molecule has 3 nitrogen and oxygen atoms in total. The number of carbonyl (C=O) groups excluding carboxylic acids is 1. The zero-order chi connectivity index (χ0) is 13.2. The van der Waals surface area contributed by atoms with Crippen LogP contribution in [-0.4, -0.2) is 12.5 Å². The highest BCUT2D eigenvalue weighted by molar-refractivity contribution is 5.98. The highest BCUT2D eigenvalue weighted by Gasteiger charge is 2.28. The zero-order valence-corrected chi connectivity index (χ0v) is 10.6. The van der Waals surface area contributed by atoms with E-state index in [1.807, 2.05) is 48.5 Å². The summed E-state index contributed by atoms with van der Waals surface area (Å²) in [4.78, 5) is 14.3. The molecule has 0 spiro atoms. The number of rotatable bonds is 1. The summed E-state index contributed by atoms with van der Waals surface area (Å²) in [6.07, 6.45) is 0.838. The van der Waals surface area contributed by atoms with Crippen molar-refractivity contribution in [2.24, 2.45) is 5.73 Å². The summed E-state index contributed by atoms with van der Waals surface area (Å²) >= 11 is 0. The van der Waals surface area contributed by atoms with Crippen LogP contribution in [0.25, 0.3) is 0 Å². The van der Waals surface area contributed by atoms with E-state index < -0.39 is 6.04 Å². The largest absolute Gasteiger partial charge is 0.316 e. The smallest absolute Gasteiger partial charge is 0.248 e. The maximum absolute atomic E-state index is 12.5.